The molecule has 2 amide bonds. The van der Waals surface area contributed by atoms with Crippen LogP contribution in [-0.2, 0) is 9.59 Å². The monoisotopic (exact) mass is 321 g/mol. The minimum Gasteiger partial charge on any atom is -0.482 e. The van der Waals surface area contributed by atoms with Crippen LogP contribution in [0.15, 0.2) is 18.2 Å². The number of benzene rings is 1. The number of amides is 2. The number of hydrogen-bond donors (Lipinski definition) is 1. The van der Waals surface area contributed by atoms with Crippen molar-refractivity contribution in [2.45, 2.75) is 25.3 Å². The molecule has 1 aliphatic heterocycles. The smallest absolute Gasteiger partial charge is 0.261 e. The summed E-state index contributed by atoms with van der Waals surface area (Å²) in [5.41, 5.74) is 5.74. The van der Waals surface area contributed by atoms with E-state index in [0.29, 0.717) is 24.3 Å². The molecule has 0 radical (unpaired) electrons. The van der Waals surface area contributed by atoms with Crippen LogP contribution >= 0.6 is 11.6 Å². The number of piperidine rings is 1. The quantitative estimate of drug-likeness (QED) is 0.907. The van der Waals surface area contributed by atoms with Crippen molar-refractivity contribution in [3.63, 3.8) is 0 Å². The van der Waals surface area contributed by atoms with E-state index in [1.165, 1.54) is 17.0 Å². The molecule has 2 N–H and O–H groups in total. The maximum Gasteiger partial charge on any atom is 0.261 e. The SMILES string of the molecule is N#Cc1ccc(OCC(=O)N2CCCC[C@@H]2C(N)=O)c(Cl)c1. The first-order valence-corrected chi connectivity index (χ1v) is 7.32. The molecule has 1 aromatic rings. The Morgan fingerprint density at radius 1 is 1.45 bits per heavy atom. The van der Waals surface area contributed by atoms with Gasteiger partial charge in [-0.3, -0.25) is 9.59 Å². The van der Waals surface area contributed by atoms with Crippen molar-refractivity contribution < 1.29 is 14.3 Å². The molecule has 0 saturated carbocycles. The van der Waals surface area contributed by atoms with Crippen LogP contribution in [-0.4, -0.2) is 35.9 Å². The van der Waals surface area contributed by atoms with E-state index in [9.17, 15) is 9.59 Å². The zero-order valence-corrected chi connectivity index (χ0v) is 12.7. The number of carbonyl (C=O) groups excluding carboxylic acids is 2. The van der Waals surface area contributed by atoms with Gasteiger partial charge in [-0.15, -0.1) is 0 Å². The Hall–Kier alpha value is -2.26. The predicted molar refractivity (Wildman–Crippen MR) is 80.2 cm³/mol. The summed E-state index contributed by atoms with van der Waals surface area (Å²) in [7, 11) is 0. The molecule has 1 saturated heterocycles. The lowest BCUT2D eigenvalue weighted by molar-refractivity contribution is -0.142. The van der Waals surface area contributed by atoms with Crippen molar-refractivity contribution in [1.29, 1.82) is 5.26 Å². The molecule has 1 fully saturated rings. The number of primary amides is 1. The fourth-order valence-electron chi connectivity index (χ4n) is 2.44. The highest BCUT2D eigenvalue weighted by atomic mass is 35.5. The van der Waals surface area contributed by atoms with Crippen LogP contribution in [0.2, 0.25) is 5.02 Å². The summed E-state index contributed by atoms with van der Waals surface area (Å²) in [6, 6.07) is 5.95. The molecular formula is C15H16ClN3O3. The highest BCUT2D eigenvalue weighted by molar-refractivity contribution is 6.32. The van der Waals surface area contributed by atoms with Crippen molar-refractivity contribution in [3.05, 3.63) is 28.8 Å². The van der Waals surface area contributed by atoms with Crippen molar-refractivity contribution in [2.75, 3.05) is 13.2 Å². The molecule has 1 aromatic carbocycles. The summed E-state index contributed by atoms with van der Waals surface area (Å²) in [6.07, 6.45) is 2.30. The average molecular weight is 322 g/mol. The van der Waals surface area contributed by atoms with Gasteiger partial charge in [0, 0.05) is 6.54 Å². The summed E-state index contributed by atoms with van der Waals surface area (Å²) in [4.78, 5) is 25.1. The van der Waals surface area contributed by atoms with Crippen LogP contribution in [0, 0.1) is 11.3 Å². The molecule has 0 unspecified atom stereocenters. The van der Waals surface area contributed by atoms with Crippen molar-refractivity contribution in [1.82, 2.24) is 4.90 Å². The van der Waals surface area contributed by atoms with E-state index < -0.39 is 11.9 Å². The number of ether oxygens (including phenoxy) is 1. The average Bonchev–Trinajstić information content (AvgIpc) is 2.53. The number of nitrogens with zero attached hydrogens (tertiary/aromatic N) is 2. The van der Waals surface area contributed by atoms with Crippen LogP contribution in [0.1, 0.15) is 24.8 Å². The minimum absolute atomic E-state index is 0.227. The number of likely N-dealkylation sites (tertiary alicyclic amines) is 1. The van der Waals surface area contributed by atoms with E-state index in [1.54, 1.807) is 6.07 Å². The lowest BCUT2D eigenvalue weighted by Gasteiger charge is -2.33. The Morgan fingerprint density at radius 2 is 2.23 bits per heavy atom. The van der Waals surface area contributed by atoms with Crippen LogP contribution in [0.25, 0.3) is 0 Å². The lowest BCUT2D eigenvalue weighted by Crippen LogP contribution is -2.51. The summed E-state index contributed by atoms with van der Waals surface area (Å²) >= 11 is 5.98. The second kappa shape index (κ2) is 7.14. The molecule has 1 atom stereocenters. The predicted octanol–water partition coefficient (Wildman–Crippen LogP) is 1.46. The molecule has 0 aliphatic carbocycles. The molecule has 1 heterocycles. The second-order valence-electron chi connectivity index (χ2n) is 5.05. The molecule has 22 heavy (non-hydrogen) atoms. The molecule has 2 rings (SSSR count). The first-order chi connectivity index (χ1) is 10.5. The molecule has 0 bridgehead atoms. The van der Waals surface area contributed by atoms with Crippen LogP contribution in [0.4, 0.5) is 0 Å². The van der Waals surface area contributed by atoms with E-state index in [-0.39, 0.29) is 17.5 Å². The molecule has 0 aromatic heterocycles. The van der Waals surface area contributed by atoms with E-state index in [2.05, 4.69) is 0 Å². The maximum absolute atomic E-state index is 12.2. The Bertz CT molecular complexity index is 627. The van der Waals surface area contributed by atoms with Gasteiger partial charge in [0.25, 0.3) is 5.91 Å². The Balaban J connectivity index is 2.00. The zero-order valence-electron chi connectivity index (χ0n) is 11.9. The summed E-state index contributed by atoms with van der Waals surface area (Å²) in [6.45, 7) is 0.270. The number of carbonyl (C=O) groups is 2. The van der Waals surface area contributed by atoms with Gasteiger partial charge in [0.15, 0.2) is 6.61 Å². The van der Waals surface area contributed by atoms with Crippen LogP contribution in [0.3, 0.4) is 0 Å². The molecule has 116 valence electrons. The van der Waals surface area contributed by atoms with Gasteiger partial charge < -0.3 is 15.4 Å². The normalized spacial score (nSPS) is 17.6. The van der Waals surface area contributed by atoms with Crippen molar-refractivity contribution >= 4 is 23.4 Å². The third kappa shape index (κ3) is 3.68. The molecule has 1 aliphatic rings. The van der Waals surface area contributed by atoms with Gasteiger partial charge >= 0.3 is 0 Å². The Kier molecular flexibility index (Phi) is 5.23. The summed E-state index contributed by atoms with van der Waals surface area (Å²) in [5, 5.41) is 9.03. The van der Waals surface area contributed by atoms with Gasteiger partial charge in [-0.25, -0.2) is 0 Å². The molecule has 7 heteroatoms. The number of halogens is 1. The number of hydrogen-bond acceptors (Lipinski definition) is 4. The second-order valence-corrected chi connectivity index (χ2v) is 5.45. The van der Waals surface area contributed by atoms with Gasteiger partial charge in [-0.05, 0) is 37.5 Å². The van der Waals surface area contributed by atoms with Crippen molar-refractivity contribution in [2.24, 2.45) is 5.73 Å². The van der Waals surface area contributed by atoms with Gasteiger partial charge in [-0.2, -0.15) is 5.26 Å². The Morgan fingerprint density at radius 3 is 2.86 bits per heavy atom. The van der Waals surface area contributed by atoms with Crippen LogP contribution < -0.4 is 10.5 Å². The Labute approximate surface area is 133 Å². The van der Waals surface area contributed by atoms with E-state index in [1.807, 2.05) is 6.07 Å². The standard InChI is InChI=1S/C15H16ClN3O3/c16-11-7-10(8-17)4-5-13(11)22-9-14(20)19-6-2-1-3-12(19)15(18)21/h4-5,7,12H,1-3,6,9H2,(H2,18,21)/t12-/m1/s1. The fraction of sp³-hybridized carbons (Fsp3) is 0.400. The third-order valence-electron chi connectivity index (χ3n) is 3.56. The molecular weight excluding hydrogens is 306 g/mol. The van der Waals surface area contributed by atoms with Gasteiger partial charge in [0.2, 0.25) is 5.91 Å². The molecule has 6 nitrogen and oxygen atoms in total. The lowest BCUT2D eigenvalue weighted by atomic mass is 10.0. The first-order valence-electron chi connectivity index (χ1n) is 6.94. The maximum atomic E-state index is 12.2. The number of rotatable bonds is 4. The van der Waals surface area contributed by atoms with E-state index in [0.717, 1.165) is 12.8 Å². The van der Waals surface area contributed by atoms with Crippen molar-refractivity contribution in [3.8, 4) is 11.8 Å². The number of nitriles is 1. The largest absolute Gasteiger partial charge is 0.482 e. The number of nitrogens with two attached hydrogens (primary N) is 1. The first kappa shape index (κ1) is 16.1. The topological polar surface area (TPSA) is 96.4 Å². The van der Waals surface area contributed by atoms with Gasteiger partial charge in [0.05, 0.1) is 16.7 Å². The fourth-order valence-corrected chi connectivity index (χ4v) is 2.67. The summed E-state index contributed by atoms with van der Waals surface area (Å²) < 4.78 is 5.39. The van der Waals surface area contributed by atoms with E-state index in [4.69, 9.17) is 27.3 Å². The highest BCUT2D eigenvalue weighted by Crippen LogP contribution is 2.25. The molecule has 0 spiro atoms. The van der Waals surface area contributed by atoms with Crippen LogP contribution in [0.5, 0.6) is 5.75 Å². The highest BCUT2D eigenvalue weighted by Gasteiger charge is 2.30. The van der Waals surface area contributed by atoms with Gasteiger partial charge in [-0.1, -0.05) is 11.6 Å². The minimum atomic E-state index is -0.568. The van der Waals surface area contributed by atoms with E-state index >= 15 is 0 Å². The zero-order chi connectivity index (χ0) is 16.1. The summed E-state index contributed by atoms with van der Waals surface area (Å²) in [5.74, 6) is -0.477. The third-order valence-corrected chi connectivity index (χ3v) is 3.86. The van der Waals surface area contributed by atoms with Gasteiger partial charge in [0.1, 0.15) is 11.8 Å².